The maximum absolute atomic E-state index is 13.0. The van der Waals surface area contributed by atoms with Crippen LogP contribution in [0, 0.1) is 5.82 Å². The summed E-state index contributed by atoms with van der Waals surface area (Å²) in [6, 6.07) is 15.0. The van der Waals surface area contributed by atoms with Gasteiger partial charge in [-0.05, 0) is 42.8 Å². The highest BCUT2D eigenvalue weighted by Crippen LogP contribution is 2.18. The number of rotatable bonds is 7. The maximum Gasteiger partial charge on any atom is 0.251 e. The summed E-state index contributed by atoms with van der Waals surface area (Å²) in [5, 5.41) is 2.75. The Labute approximate surface area is 165 Å². The molecule has 3 rings (SSSR count). The quantitative estimate of drug-likeness (QED) is 0.717. The lowest BCUT2D eigenvalue weighted by atomic mass is 10.2. The van der Waals surface area contributed by atoms with Gasteiger partial charge in [0.1, 0.15) is 5.82 Å². The summed E-state index contributed by atoms with van der Waals surface area (Å²) in [5.74, 6) is -0.492. The van der Waals surface area contributed by atoms with Gasteiger partial charge >= 0.3 is 0 Å². The molecule has 150 valence electrons. The fourth-order valence-electron chi connectivity index (χ4n) is 3.15. The number of piperazine rings is 1. The number of carbonyl (C=O) groups excluding carboxylic acids is 1. The SMILES string of the molecule is O=C(NCCCS(=O)(=O)N1CCN(c2ccc(F)cc2)CC1)c1ccccc1. The predicted molar refractivity (Wildman–Crippen MR) is 107 cm³/mol. The molecule has 0 aliphatic carbocycles. The van der Waals surface area contributed by atoms with Gasteiger partial charge in [0.2, 0.25) is 10.0 Å². The summed E-state index contributed by atoms with van der Waals surface area (Å²) in [6.07, 6.45) is 0.360. The Balaban J connectivity index is 1.43. The first kappa shape index (κ1) is 20.3. The van der Waals surface area contributed by atoms with Crippen LogP contribution in [0.5, 0.6) is 0 Å². The molecule has 0 spiro atoms. The monoisotopic (exact) mass is 405 g/mol. The maximum atomic E-state index is 13.0. The molecule has 28 heavy (non-hydrogen) atoms. The van der Waals surface area contributed by atoms with E-state index in [1.165, 1.54) is 16.4 Å². The number of anilines is 1. The van der Waals surface area contributed by atoms with Crippen molar-refractivity contribution < 1.29 is 17.6 Å². The molecule has 1 aliphatic heterocycles. The average molecular weight is 405 g/mol. The standard InChI is InChI=1S/C20H24FN3O3S/c21-18-7-9-19(10-8-18)23-12-14-24(15-13-23)28(26,27)16-4-11-22-20(25)17-5-2-1-3-6-17/h1-3,5-10H,4,11-16H2,(H,22,25). The molecule has 1 amide bonds. The van der Waals surface area contributed by atoms with Crippen LogP contribution in [0.4, 0.5) is 10.1 Å². The number of hydrogen-bond acceptors (Lipinski definition) is 4. The van der Waals surface area contributed by atoms with Gasteiger partial charge in [-0.15, -0.1) is 0 Å². The Hall–Kier alpha value is -2.45. The van der Waals surface area contributed by atoms with Crippen LogP contribution in [0.3, 0.4) is 0 Å². The Kier molecular flexibility index (Phi) is 6.64. The Bertz CT molecular complexity index is 881. The topological polar surface area (TPSA) is 69.7 Å². The van der Waals surface area contributed by atoms with E-state index < -0.39 is 10.0 Å². The molecule has 1 saturated heterocycles. The first-order valence-corrected chi connectivity index (χ1v) is 10.9. The summed E-state index contributed by atoms with van der Waals surface area (Å²) in [7, 11) is -3.36. The lowest BCUT2D eigenvalue weighted by molar-refractivity contribution is 0.0953. The second-order valence-corrected chi connectivity index (χ2v) is 8.74. The number of amides is 1. The Morgan fingerprint density at radius 1 is 0.964 bits per heavy atom. The molecule has 0 bridgehead atoms. The number of carbonyl (C=O) groups is 1. The Morgan fingerprint density at radius 3 is 2.25 bits per heavy atom. The zero-order valence-electron chi connectivity index (χ0n) is 15.6. The van der Waals surface area contributed by atoms with Crippen LogP contribution in [0.25, 0.3) is 0 Å². The van der Waals surface area contributed by atoms with Crippen LogP contribution >= 0.6 is 0 Å². The summed E-state index contributed by atoms with van der Waals surface area (Å²) in [5.41, 5.74) is 1.45. The molecule has 1 heterocycles. The second kappa shape index (κ2) is 9.16. The van der Waals surface area contributed by atoms with Crippen molar-refractivity contribution in [3.63, 3.8) is 0 Å². The van der Waals surface area contributed by atoms with E-state index in [2.05, 4.69) is 5.32 Å². The van der Waals surface area contributed by atoms with E-state index in [0.717, 1.165) is 5.69 Å². The van der Waals surface area contributed by atoms with Crippen molar-refractivity contribution >= 4 is 21.6 Å². The minimum absolute atomic E-state index is 0.00137. The zero-order chi connectivity index (χ0) is 20.0. The van der Waals surface area contributed by atoms with Gasteiger partial charge in [-0.25, -0.2) is 12.8 Å². The van der Waals surface area contributed by atoms with Crippen molar-refractivity contribution in [1.29, 1.82) is 0 Å². The normalized spacial score (nSPS) is 15.4. The smallest absolute Gasteiger partial charge is 0.251 e. The molecule has 6 nitrogen and oxygen atoms in total. The zero-order valence-corrected chi connectivity index (χ0v) is 16.4. The van der Waals surface area contributed by atoms with E-state index in [4.69, 9.17) is 0 Å². The summed E-state index contributed by atoms with van der Waals surface area (Å²) < 4.78 is 39.6. The van der Waals surface area contributed by atoms with E-state index >= 15 is 0 Å². The highest BCUT2D eigenvalue weighted by atomic mass is 32.2. The third kappa shape index (κ3) is 5.30. The summed E-state index contributed by atoms with van der Waals surface area (Å²) in [6.45, 7) is 2.24. The highest BCUT2D eigenvalue weighted by Gasteiger charge is 2.26. The fourth-order valence-corrected chi connectivity index (χ4v) is 4.64. The molecule has 8 heteroatoms. The fraction of sp³-hybridized carbons (Fsp3) is 0.350. The number of halogens is 1. The summed E-state index contributed by atoms with van der Waals surface area (Å²) >= 11 is 0. The van der Waals surface area contributed by atoms with Gasteiger partial charge in [0.05, 0.1) is 5.75 Å². The van der Waals surface area contributed by atoms with Crippen molar-refractivity contribution in [2.75, 3.05) is 43.4 Å². The molecule has 1 fully saturated rings. The highest BCUT2D eigenvalue weighted by molar-refractivity contribution is 7.89. The van der Waals surface area contributed by atoms with E-state index in [1.54, 1.807) is 36.4 Å². The van der Waals surface area contributed by atoms with Crippen LogP contribution < -0.4 is 10.2 Å². The van der Waals surface area contributed by atoms with E-state index in [9.17, 15) is 17.6 Å². The molecule has 0 aromatic heterocycles. The van der Waals surface area contributed by atoms with Crippen LogP contribution in [-0.2, 0) is 10.0 Å². The molecule has 2 aromatic carbocycles. The van der Waals surface area contributed by atoms with Gasteiger partial charge in [0, 0.05) is 44.0 Å². The third-order valence-corrected chi connectivity index (χ3v) is 6.68. The molecule has 1 N–H and O–H groups in total. The van der Waals surface area contributed by atoms with Gasteiger partial charge in [-0.2, -0.15) is 4.31 Å². The van der Waals surface area contributed by atoms with Crippen molar-refractivity contribution in [1.82, 2.24) is 9.62 Å². The number of hydrogen-bond donors (Lipinski definition) is 1. The largest absolute Gasteiger partial charge is 0.369 e. The van der Waals surface area contributed by atoms with E-state index in [0.29, 0.717) is 44.7 Å². The van der Waals surface area contributed by atoms with Gasteiger partial charge in [0.15, 0.2) is 0 Å². The minimum atomic E-state index is -3.36. The van der Waals surface area contributed by atoms with Crippen molar-refractivity contribution in [2.45, 2.75) is 6.42 Å². The van der Waals surface area contributed by atoms with Gasteiger partial charge in [-0.1, -0.05) is 18.2 Å². The number of nitrogens with zero attached hydrogens (tertiary/aromatic N) is 2. The van der Waals surface area contributed by atoms with Crippen LogP contribution in [0.15, 0.2) is 54.6 Å². The van der Waals surface area contributed by atoms with Crippen LogP contribution in [0.2, 0.25) is 0 Å². The van der Waals surface area contributed by atoms with E-state index in [1.807, 2.05) is 11.0 Å². The van der Waals surface area contributed by atoms with Crippen LogP contribution in [0.1, 0.15) is 16.8 Å². The first-order chi connectivity index (χ1) is 13.5. The summed E-state index contributed by atoms with van der Waals surface area (Å²) in [4.78, 5) is 14.0. The molecular weight excluding hydrogens is 381 g/mol. The Morgan fingerprint density at radius 2 is 1.61 bits per heavy atom. The van der Waals surface area contributed by atoms with Crippen molar-refractivity contribution in [3.8, 4) is 0 Å². The number of nitrogens with one attached hydrogen (secondary N) is 1. The first-order valence-electron chi connectivity index (χ1n) is 9.27. The minimum Gasteiger partial charge on any atom is -0.369 e. The number of benzene rings is 2. The predicted octanol–water partition coefficient (Wildman–Crippen LogP) is 2.10. The molecule has 1 aliphatic rings. The second-order valence-electron chi connectivity index (χ2n) is 6.65. The lowest BCUT2D eigenvalue weighted by Crippen LogP contribution is -2.49. The number of sulfonamides is 1. The van der Waals surface area contributed by atoms with Gasteiger partial charge < -0.3 is 10.2 Å². The average Bonchev–Trinajstić information content (AvgIpc) is 2.72. The molecule has 0 radical (unpaired) electrons. The van der Waals surface area contributed by atoms with E-state index in [-0.39, 0.29) is 17.5 Å². The van der Waals surface area contributed by atoms with Gasteiger partial charge in [0.25, 0.3) is 5.91 Å². The third-order valence-electron chi connectivity index (χ3n) is 4.72. The molecule has 0 atom stereocenters. The van der Waals surface area contributed by atoms with Crippen molar-refractivity contribution in [3.05, 3.63) is 66.0 Å². The molecular formula is C20H24FN3O3S. The molecule has 0 saturated carbocycles. The van der Waals surface area contributed by atoms with Gasteiger partial charge in [-0.3, -0.25) is 4.79 Å². The van der Waals surface area contributed by atoms with Crippen molar-refractivity contribution in [2.24, 2.45) is 0 Å². The van der Waals surface area contributed by atoms with Crippen LogP contribution in [-0.4, -0.2) is 57.1 Å². The molecule has 2 aromatic rings. The lowest BCUT2D eigenvalue weighted by Gasteiger charge is -2.35. The molecule has 0 unspecified atom stereocenters.